The summed E-state index contributed by atoms with van der Waals surface area (Å²) in [6.07, 6.45) is 3.28. The Morgan fingerprint density at radius 1 is 0.941 bits per heavy atom. The SMILES string of the molecule is O=C(O)CSC1=NN=C(c2cc(NC(=O)c3ccoc3)cc(-c3ccc4ccccc4c3)c2)C1. The van der Waals surface area contributed by atoms with Crippen LogP contribution in [-0.4, -0.2) is 33.5 Å². The van der Waals surface area contributed by atoms with Gasteiger partial charge in [-0.25, -0.2) is 0 Å². The van der Waals surface area contributed by atoms with Crippen LogP contribution in [0.3, 0.4) is 0 Å². The summed E-state index contributed by atoms with van der Waals surface area (Å²) in [5.74, 6) is -1.24. The largest absolute Gasteiger partial charge is 0.481 e. The predicted molar refractivity (Wildman–Crippen MR) is 135 cm³/mol. The van der Waals surface area contributed by atoms with E-state index in [0.29, 0.717) is 28.4 Å². The minimum absolute atomic E-state index is 0.0647. The summed E-state index contributed by atoms with van der Waals surface area (Å²) < 4.78 is 5.02. The van der Waals surface area contributed by atoms with Gasteiger partial charge >= 0.3 is 5.97 Å². The van der Waals surface area contributed by atoms with Gasteiger partial charge in [0.1, 0.15) is 11.3 Å². The summed E-state index contributed by atoms with van der Waals surface area (Å²) in [5.41, 5.74) is 4.48. The van der Waals surface area contributed by atoms with Gasteiger partial charge in [-0.05, 0) is 52.2 Å². The second kappa shape index (κ2) is 9.36. The minimum atomic E-state index is -0.899. The van der Waals surface area contributed by atoms with Crippen molar-refractivity contribution in [2.75, 3.05) is 11.1 Å². The molecule has 0 spiro atoms. The van der Waals surface area contributed by atoms with E-state index in [4.69, 9.17) is 9.52 Å². The number of carbonyl (C=O) groups excluding carboxylic acids is 1. The lowest BCUT2D eigenvalue weighted by molar-refractivity contribution is -0.133. The smallest absolute Gasteiger partial charge is 0.313 e. The molecule has 0 saturated heterocycles. The van der Waals surface area contributed by atoms with E-state index in [9.17, 15) is 9.59 Å². The topological polar surface area (TPSA) is 104 Å². The number of carboxylic acid groups (broad SMARTS) is 1. The molecule has 5 rings (SSSR count). The van der Waals surface area contributed by atoms with E-state index in [1.807, 2.05) is 36.4 Å². The first-order chi connectivity index (χ1) is 16.5. The standard InChI is InChI=1S/C26H19N3O4S/c30-25(31)15-34-24-13-23(28-29-24)21-10-20(18-6-5-16-3-1-2-4-17(16)9-18)11-22(12-21)27-26(32)19-7-8-33-14-19/h1-12,14H,13,15H2,(H,27,32)(H,30,31). The van der Waals surface area contributed by atoms with Crippen LogP contribution in [0.5, 0.6) is 0 Å². The van der Waals surface area contributed by atoms with Gasteiger partial charge in [-0.15, -0.1) is 5.10 Å². The third-order valence-corrected chi connectivity index (χ3v) is 6.30. The molecule has 2 N–H and O–H groups in total. The Balaban J connectivity index is 1.49. The van der Waals surface area contributed by atoms with Crippen molar-refractivity contribution in [2.24, 2.45) is 10.2 Å². The lowest BCUT2D eigenvalue weighted by Gasteiger charge is -2.12. The fourth-order valence-corrected chi connectivity index (χ4v) is 4.34. The van der Waals surface area contributed by atoms with Gasteiger partial charge in [0, 0.05) is 17.7 Å². The monoisotopic (exact) mass is 469 g/mol. The fraction of sp³-hybridized carbons (Fsp3) is 0.0769. The first kappa shape index (κ1) is 21.7. The zero-order valence-corrected chi connectivity index (χ0v) is 18.7. The third kappa shape index (κ3) is 4.77. The molecule has 0 bridgehead atoms. The number of carbonyl (C=O) groups is 2. The van der Waals surface area contributed by atoms with Crippen LogP contribution >= 0.6 is 11.8 Å². The van der Waals surface area contributed by atoms with Crippen LogP contribution in [0.4, 0.5) is 5.69 Å². The lowest BCUT2D eigenvalue weighted by atomic mass is 9.97. The summed E-state index contributed by atoms with van der Waals surface area (Å²) in [6, 6.07) is 21.7. The zero-order valence-electron chi connectivity index (χ0n) is 17.9. The van der Waals surface area contributed by atoms with Gasteiger partial charge in [-0.3, -0.25) is 9.59 Å². The number of hydrogen-bond donors (Lipinski definition) is 2. The molecule has 0 aliphatic carbocycles. The summed E-state index contributed by atoms with van der Waals surface area (Å²) in [7, 11) is 0. The quantitative estimate of drug-likeness (QED) is 0.378. The Morgan fingerprint density at radius 3 is 2.56 bits per heavy atom. The second-order valence-corrected chi connectivity index (χ2v) is 8.78. The Labute approximate surface area is 199 Å². The Bertz CT molecular complexity index is 1460. The van der Waals surface area contributed by atoms with Crippen molar-refractivity contribution in [3.8, 4) is 11.1 Å². The highest BCUT2D eigenvalue weighted by molar-refractivity contribution is 8.14. The number of fused-ring (bicyclic) bond motifs is 1. The number of anilines is 1. The molecular formula is C26H19N3O4S. The summed E-state index contributed by atoms with van der Waals surface area (Å²) >= 11 is 1.16. The number of carboxylic acids is 1. The van der Waals surface area contributed by atoms with Gasteiger partial charge in [0.2, 0.25) is 0 Å². The van der Waals surface area contributed by atoms with Crippen molar-refractivity contribution < 1.29 is 19.1 Å². The van der Waals surface area contributed by atoms with Crippen LogP contribution in [0.2, 0.25) is 0 Å². The first-order valence-electron chi connectivity index (χ1n) is 10.5. The molecule has 3 aromatic carbocycles. The molecule has 0 atom stereocenters. The molecule has 168 valence electrons. The first-order valence-corrected chi connectivity index (χ1v) is 11.5. The van der Waals surface area contributed by atoms with Crippen LogP contribution in [0.1, 0.15) is 22.3 Å². The highest BCUT2D eigenvalue weighted by Gasteiger charge is 2.18. The number of nitrogens with one attached hydrogen (secondary N) is 1. The maximum absolute atomic E-state index is 12.6. The average molecular weight is 470 g/mol. The van der Waals surface area contributed by atoms with Crippen LogP contribution in [-0.2, 0) is 4.79 Å². The van der Waals surface area contributed by atoms with Gasteiger partial charge in [0.05, 0.1) is 23.3 Å². The van der Waals surface area contributed by atoms with E-state index in [1.165, 1.54) is 12.5 Å². The third-order valence-electron chi connectivity index (χ3n) is 5.35. The number of amides is 1. The number of benzene rings is 3. The summed E-state index contributed by atoms with van der Waals surface area (Å²) in [5, 5.41) is 23.2. The molecule has 0 saturated carbocycles. The average Bonchev–Trinajstić information content (AvgIpc) is 3.55. The molecule has 1 amide bonds. The molecule has 8 heteroatoms. The minimum Gasteiger partial charge on any atom is -0.481 e. The van der Waals surface area contributed by atoms with Crippen molar-refractivity contribution in [3.63, 3.8) is 0 Å². The molecule has 0 radical (unpaired) electrons. The van der Waals surface area contributed by atoms with Crippen LogP contribution < -0.4 is 5.32 Å². The Kier molecular flexibility index (Phi) is 5.97. The van der Waals surface area contributed by atoms with E-state index in [2.05, 4.69) is 39.8 Å². The fourth-order valence-electron chi connectivity index (χ4n) is 3.71. The predicted octanol–water partition coefficient (Wildman–Crippen LogP) is 5.68. The van der Waals surface area contributed by atoms with Crippen molar-refractivity contribution in [3.05, 3.63) is 90.4 Å². The molecule has 1 aromatic heterocycles. The van der Waals surface area contributed by atoms with E-state index in [0.717, 1.165) is 39.2 Å². The highest BCUT2D eigenvalue weighted by Crippen LogP contribution is 2.30. The molecular weight excluding hydrogens is 450 g/mol. The molecule has 0 fully saturated rings. The number of rotatable bonds is 6. The van der Waals surface area contributed by atoms with E-state index < -0.39 is 5.97 Å². The maximum atomic E-state index is 12.6. The highest BCUT2D eigenvalue weighted by atomic mass is 32.2. The molecule has 1 aliphatic heterocycles. The van der Waals surface area contributed by atoms with Gasteiger partial charge in [-0.1, -0.05) is 48.2 Å². The van der Waals surface area contributed by atoms with E-state index >= 15 is 0 Å². The van der Waals surface area contributed by atoms with Gasteiger partial charge in [0.25, 0.3) is 5.91 Å². The number of thioether (sulfide) groups is 1. The molecule has 7 nitrogen and oxygen atoms in total. The van der Waals surface area contributed by atoms with Crippen LogP contribution in [0.25, 0.3) is 21.9 Å². The van der Waals surface area contributed by atoms with E-state index in [1.54, 1.807) is 6.07 Å². The summed E-state index contributed by atoms with van der Waals surface area (Å²) in [6.45, 7) is 0. The Morgan fingerprint density at radius 2 is 1.76 bits per heavy atom. The van der Waals surface area contributed by atoms with Crippen molar-refractivity contribution >= 4 is 50.9 Å². The summed E-state index contributed by atoms with van der Waals surface area (Å²) in [4.78, 5) is 23.5. The molecule has 2 heterocycles. The second-order valence-electron chi connectivity index (χ2n) is 7.73. The van der Waals surface area contributed by atoms with Crippen molar-refractivity contribution in [2.45, 2.75) is 6.42 Å². The zero-order chi connectivity index (χ0) is 23.5. The lowest BCUT2D eigenvalue weighted by Crippen LogP contribution is -2.12. The van der Waals surface area contributed by atoms with Crippen molar-refractivity contribution in [1.82, 2.24) is 0 Å². The molecule has 4 aromatic rings. The molecule has 0 unspecified atom stereocenters. The maximum Gasteiger partial charge on any atom is 0.313 e. The van der Waals surface area contributed by atoms with E-state index in [-0.39, 0.29) is 11.7 Å². The number of hydrogen-bond acceptors (Lipinski definition) is 6. The number of nitrogens with zero attached hydrogens (tertiary/aromatic N) is 2. The number of aliphatic carboxylic acids is 1. The van der Waals surface area contributed by atoms with Gasteiger partial charge in [-0.2, -0.15) is 5.10 Å². The van der Waals surface area contributed by atoms with Crippen LogP contribution in [0.15, 0.2) is 93.9 Å². The molecule has 34 heavy (non-hydrogen) atoms. The van der Waals surface area contributed by atoms with Crippen LogP contribution in [0, 0.1) is 0 Å². The normalized spacial score (nSPS) is 12.9. The number of furan rings is 1. The van der Waals surface area contributed by atoms with Crippen molar-refractivity contribution in [1.29, 1.82) is 0 Å². The molecule has 1 aliphatic rings. The van der Waals surface area contributed by atoms with Gasteiger partial charge in [0.15, 0.2) is 0 Å². The Hall–Kier alpha value is -4.17. The van der Waals surface area contributed by atoms with Gasteiger partial charge < -0.3 is 14.8 Å².